The van der Waals surface area contributed by atoms with E-state index >= 15 is 0 Å². The van der Waals surface area contributed by atoms with Crippen molar-refractivity contribution in [2.24, 2.45) is 51.6 Å². The molecule has 1 aromatic carbocycles. The summed E-state index contributed by atoms with van der Waals surface area (Å²) < 4.78 is 0. The molecular weight excluding hydrogens is 332 g/mol. The highest BCUT2D eigenvalue weighted by Crippen LogP contribution is 2.60. The molecule has 3 aliphatic rings. The molecule has 1 aromatic rings. The molecule has 1 heterocycles. The van der Waals surface area contributed by atoms with Crippen molar-refractivity contribution in [1.29, 1.82) is 0 Å². The van der Waals surface area contributed by atoms with Crippen LogP contribution in [0.15, 0.2) is 34.5 Å². The summed E-state index contributed by atoms with van der Waals surface area (Å²) in [5.41, 5.74) is 4.71. The van der Waals surface area contributed by atoms with Gasteiger partial charge < -0.3 is 0 Å². The molecule has 2 bridgehead atoms. The molecular formula is C24H32N2O. The second-order valence-corrected chi connectivity index (χ2v) is 9.50. The first-order chi connectivity index (χ1) is 12.9. The number of ketones is 1. The largest absolute Gasteiger partial charge is 0.299 e. The van der Waals surface area contributed by atoms with Crippen molar-refractivity contribution in [1.82, 2.24) is 0 Å². The van der Waals surface area contributed by atoms with E-state index in [0.29, 0.717) is 24.0 Å². The minimum atomic E-state index is 0.0903. The first-order valence-corrected chi connectivity index (χ1v) is 10.6. The Morgan fingerprint density at radius 1 is 1.00 bits per heavy atom. The standard InChI is InChI=1S/C24H32N2O/c1-13(2)20(27)12-16-6-8-17(9-7-16)24-23-19-11-10-18(21(19)14(3)4)22(23)15(5)25-26-24/h6-9,13-14,18-19,21-23H,10-12H2,1-5H3. The number of rotatable bonds is 5. The van der Waals surface area contributed by atoms with Crippen molar-refractivity contribution < 1.29 is 4.79 Å². The van der Waals surface area contributed by atoms with Gasteiger partial charge in [-0.15, -0.1) is 0 Å². The van der Waals surface area contributed by atoms with Crippen molar-refractivity contribution >= 4 is 17.2 Å². The number of fused-ring (bicyclic) bond motifs is 5. The minimum Gasteiger partial charge on any atom is -0.299 e. The van der Waals surface area contributed by atoms with Crippen LogP contribution in [0.1, 0.15) is 58.6 Å². The van der Waals surface area contributed by atoms with Gasteiger partial charge in [0.25, 0.3) is 0 Å². The quantitative estimate of drug-likeness (QED) is 0.710. The molecule has 2 fully saturated rings. The molecule has 3 nitrogen and oxygen atoms in total. The van der Waals surface area contributed by atoms with E-state index in [1.54, 1.807) is 0 Å². The summed E-state index contributed by atoms with van der Waals surface area (Å²) in [6.45, 7) is 10.9. The van der Waals surface area contributed by atoms with Gasteiger partial charge in [-0.25, -0.2) is 0 Å². The van der Waals surface area contributed by atoms with Crippen molar-refractivity contribution in [3.63, 3.8) is 0 Å². The lowest BCUT2D eigenvalue weighted by molar-refractivity contribution is -0.121. The fourth-order valence-corrected chi connectivity index (χ4v) is 6.10. The average Bonchev–Trinajstić information content (AvgIpc) is 3.20. The summed E-state index contributed by atoms with van der Waals surface area (Å²) in [4.78, 5) is 12.0. The van der Waals surface area contributed by atoms with E-state index in [1.165, 1.54) is 29.8 Å². The lowest BCUT2D eigenvalue weighted by Crippen LogP contribution is -2.36. The van der Waals surface area contributed by atoms with E-state index in [-0.39, 0.29) is 5.92 Å². The van der Waals surface area contributed by atoms with Crippen molar-refractivity contribution in [3.05, 3.63) is 35.4 Å². The smallest absolute Gasteiger partial charge is 0.139 e. The molecule has 144 valence electrons. The zero-order valence-corrected chi connectivity index (χ0v) is 17.3. The average molecular weight is 365 g/mol. The molecule has 0 amide bonds. The maximum atomic E-state index is 12.0. The Morgan fingerprint density at radius 3 is 2.22 bits per heavy atom. The molecule has 0 aromatic heterocycles. The zero-order chi connectivity index (χ0) is 19.3. The Balaban J connectivity index is 1.61. The number of carbonyl (C=O) groups excluding carboxylic acids is 1. The maximum absolute atomic E-state index is 12.0. The molecule has 0 spiro atoms. The number of benzene rings is 1. The first kappa shape index (κ1) is 18.6. The van der Waals surface area contributed by atoms with E-state index in [4.69, 9.17) is 5.10 Å². The molecule has 0 saturated heterocycles. The SMILES string of the molecule is CC1=NN=C(c2ccc(CC(=O)C(C)C)cc2)C2C3CCC(C12)C3C(C)C. The van der Waals surface area contributed by atoms with Gasteiger partial charge in [-0.3, -0.25) is 4.79 Å². The van der Waals surface area contributed by atoms with Crippen molar-refractivity contribution in [2.75, 3.05) is 0 Å². The van der Waals surface area contributed by atoms with Gasteiger partial charge in [0.2, 0.25) is 0 Å². The number of nitrogens with zero attached hydrogens (tertiary/aromatic N) is 2. The van der Waals surface area contributed by atoms with E-state index in [1.807, 2.05) is 13.8 Å². The lowest BCUT2D eigenvalue weighted by atomic mass is 9.72. The fourth-order valence-electron chi connectivity index (χ4n) is 6.10. The van der Waals surface area contributed by atoms with E-state index < -0.39 is 0 Å². The molecule has 1 aliphatic heterocycles. The highest BCUT2D eigenvalue weighted by molar-refractivity contribution is 6.07. The molecule has 3 heteroatoms. The van der Waals surface area contributed by atoms with Crippen LogP contribution in [-0.4, -0.2) is 17.2 Å². The van der Waals surface area contributed by atoms with Crippen LogP contribution in [0.4, 0.5) is 0 Å². The molecule has 5 atom stereocenters. The van der Waals surface area contributed by atoms with Crippen LogP contribution in [0.5, 0.6) is 0 Å². The third-order valence-corrected chi connectivity index (χ3v) is 7.29. The summed E-state index contributed by atoms with van der Waals surface area (Å²) in [5, 5.41) is 9.28. The van der Waals surface area contributed by atoms with Crippen LogP contribution in [0.3, 0.4) is 0 Å². The summed E-state index contributed by atoms with van der Waals surface area (Å²) >= 11 is 0. The Morgan fingerprint density at radius 2 is 1.63 bits per heavy atom. The molecule has 27 heavy (non-hydrogen) atoms. The minimum absolute atomic E-state index is 0.0903. The number of hydrogen-bond acceptors (Lipinski definition) is 3. The molecule has 2 saturated carbocycles. The van der Waals surface area contributed by atoms with Gasteiger partial charge in [0.15, 0.2) is 0 Å². The zero-order valence-electron chi connectivity index (χ0n) is 17.3. The molecule has 5 unspecified atom stereocenters. The highest BCUT2D eigenvalue weighted by atomic mass is 16.1. The van der Waals surface area contributed by atoms with Crippen LogP contribution in [-0.2, 0) is 11.2 Å². The number of hydrogen-bond donors (Lipinski definition) is 0. The second kappa shape index (κ2) is 7.00. The Hall–Kier alpha value is -1.77. The third-order valence-electron chi connectivity index (χ3n) is 7.29. The van der Waals surface area contributed by atoms with Gasteiger partial charge in [0.05, 0.1) is 5.71 Å². The van der Waals surface area contributed by atoms with E-state index in [0.717, 1.165) is 29.2 Å². The summed E-state index contributed by atoms with van der Waals surface area (Å²) in [6.07, 6.45) is 3.21. The van der Waals surface area contributed by atoms with Crippen molar-refractivity contribution in [3.8, 4) is 0 Å². The van der Waals surface area contributed by atoms with Gasteiger partial charge in [0, 0.05) is 29.9 Å². The van der Waals surface area contributed by atoms with Gasteiger partial charge in [0.1, 0.15) is 5.78 Å². The number of Topliss-reactive ketones (excluding diaryl/α,β-unsaturated/α-hetero) is 1. The summed E-state index contributed by atoms with van der Waals surface area (Å²) in [6, 6.07) is 8.52. The van der Waals surface area contributed by atoms with E-state index in [2.05, 4.69) is 50.1 Å². The topological polar surface area (TPSA) is 41.8 Å². The Labute approximate surface area is 163 Å². The molecule has 0 N–H and O–H groups in total. The molecule has 0 radical (unpaired) electrons. The van der Waals surface area contributed by atoms with Gasteiger partial charge in [-0.2, -0.15) is 10.2 Å². The lowest BCUT2D eigenvalue weighted by Gasteiger charge is -2.33. The Kier molecular flexibility index (Phi) is 4.82. The molecule has 4 rings (SSSR count). The van der Waals surface area contributed by atoms with Gasteiger partial charge in [-0.1, -0.05) is 52.0 Å². The van der Waals surface area contributed by atoms with Crippen LogP contribution in [0.25, 0.3) is 0 Å². The number of carbonyl (C=O) groups is 1. The predicted molar refractivity (Wildman–Crippen MR) is 111 cm³/mol. The second-order valence-electron chi connectivity index (χ2n) is 9.50. The van der Waals surface area contributed by atoms with Crippen LogP contribution < -0.4 is 0 Å². The normalized spacial score (nSPS) is 31.9. The Bertz CT molecular complexity index is 787. The van der Waals surface area contributed by atoms with Crippen LogP contribution in [0, 0.1) is 41.4 Å². The fraction of sp³-hybridized carbons (Fsp3) is 0.625. The van der Waals surface area contributed by atoms with Crippen LogP contribution in [0.2, 0.25) is 0 Å². The maximum Gasteiger partial charge on any atom is 0.139 e. The summed E-state index contributed by atoms with van der Waals surface area (Å²) in [5.74, 6) is 4.53. The van der Waals surface area contributed by atoms with Gasteiger partial charge >= 0.3 is 0 Å². The van der Waals surface area contributed by atoms with Gasteiger partial charge in [-0.05, 0) is 54.6 Å². The van der Waals surface area contributed by atoms with Crippen LogP contribution >= 0.6 is 0 Å². The van der Waals surface area contributed by atoms with Crippen molar-refractivity contribution in [2.45, 2.75) is 53.9 Å². The highest BCUT2D eigenvalue weighted by Gasteiger charge is 2.58. The third kappa shape index (κ3) is 3.09. The predicted octanol–water partition coefficient (Wildman–Crippen LogP) is 5.18. The van der Waals surface area contributed by atoms with E-state index in [9.17, 15) is 4.79 Å². The first-order valence-electron chi connectivity index (χ1n) is 10.6. The monoisotopic (exact) mass is 364 g/mol. The molecule has 2 aliphatic carbocycles. The summed E-state index contributed by atoms with van der Waals surface area (Å²) in [7, 11) is 0.